The predicted octanol–water partition coefficient (Wildman–Crippen LogP) is 2.61. The van der Waals surface area contributed by atoms with E-state index in [0.29, 0.717) is 5.92 Å². The van der Waals surface area contributed by atoms with Crippen LogP contribution in [0.2, 0.25) is 0 Å². The molecule has 2 rings (SSSR count). The van der Waals surface area contributed by atoms with Crippen LogP contribution in [0, 0.1) is 16.0 Å². The molecule has 0 spiro atoms. The number of rotatable bonds is 5. The topological polar surface area (TPSA) is 84.3 Å². The van der Waals surface area contributed by atoms with Gasteiger partial charge in [0, 0.05) is 23.1 Å². The van der Waals surface area contributed by atoms with Gasteiger partial charge in [-0.2, -0.15) is 0 Å². The number of benzene rings is 1. The summed E-state index contributed by atoms with van der Waals surface area (Å²) in [7, 11) is 0. The Morgan fingerprint density at radius 3 is 2.65 bits per heavy atom. The van der Waals surface area contributed by atoms with Crippen molar-refractivity contribution in [3.63, 3.8) is 0 Å². The molecule has 1 aromatic rings. The fourth-order valence-corrected chi connectivity index (χ4v) is 3.31. The molecule has 0 radical (unpaired) electrons. The number of non-ortho nitro benzene ring substituents is 1. The molecule has 1 aromatic carbocycles. The van der Waals surface area contributed by atoms with Gasteiger partial charge in [0.1, 0.15) is 0 Å². The molecule has 0 aromatic heterocycles. The Hall–Kier alpha value is -1.31. The molecular formula is C15H22ClN3O3S. The Morgan fingerprint density at radius 2 is 2.09 bits per heavy atom. The summed E-state index contributed by atoms with van der Waals surface area (Å²) in [6.07, 6.45) is 0.946. The third kappa shape index (κ3) is 5.67. The van der Waals surface area contributed by atoms with Crippen molar-refractivity contribution in [2.24, 2.45) is 5.92 Å². The van der Waals surface area contributed by atoms with Crippen LogP contribution in [0.25, 0.3) is 0 Å². The molecule has 6 nitrogen and oxygen atoms in total. The molecule has 0 saturated carbocycles. The predicted molar refractivity (Wildman–Crippen MR) is 94.2 cm³/mol. The lowest BCUT2D eigenvalue weighted by Crippen LogP contribution is -2.50. The van der Waals surface area contributed by atoms with E-state index in [-0.39, 0.29) is 35.3 Å². The minimum absolute atomic E-state index is 0. The number of hydrogen-bond donors (Lipinski definition) is 2. The average Bonchev–Trinajstić information content (AvgIpc) is 2.50. The average molecular weight is 360 g/mol. The maximum absolute atomic E-state index is 12.3. The fourth-order valence-electron chi connectivity index (χ4n) is 2.43. The van der Waals surface area contributed by atoms with Gasteiger partial charge in [-0.1, -0.05) is 6.92 Å². The molecule has 1 saturated heterocycles. The molecule has 23 heavy (non-hydrogen) atoms. The van der Waals surface area contributed by atoms with Crippen molar-refractivity contribution in [1.82, 2.24) is 10.6 Å². The minimum atomic E-state index is -0.427. The number of nitro groups is 1. The van der Waals surface area contributed by atoms with Crippen LogP contribution in [-0.2, 0) is 4.79 Å². The van der Waals surface area contributed by atoms with E-state index >= 15 is 0 Å². The number of piperidine rings is 1. The lowest BCUT2D eigenvalue weighted by molar-refractivity contribution is -0.384. The van der Waals surface area contributed by atoms with E-state index in [1.54, 1.807) is 12.1 Å². The van der Waals surface area contributed by atoms with E-state index in [1.807, 2.05) is 6.92 Å². The monoisotopic (exact) mass is 359 g/mol. The van der Waals surface area contributed by atoms with Crippen LogP contribution >= 0.6 is 24.2 Å². The van der Waals surface area contributed by atoms with Gasteiger partial charge < -0.3 is 10.6 Å². The summed E-state index contributed by atoms with van der Waals surface area (Å²) < 4.78 is 0. The lowest BCUT2D eigenvalue weighted by Gasteiger charge is -2.31. The Bertz CT molecular complexity index is 541. The first-order valence-electron chi connectivity index (χ1n) is 7.39. The summed E-state index contributed by atoms with van der Waals surface area (Å²) in [5.74, 6) is 0.441. The molecule has 128 valence electrons. The van der Waals surface area contributed by atoms with Crippen LogP contribution in [0.1, 0.15) is 20.3 Å². The zero-order valence-electron chi connectivity index (χ0n) is 13.2. The van der Waals surface area contributed by atoms with Crippen LogP contribution in [0.3, 0.4) is 0 Å². The van der Waals surface area contributed by atoms with Crippen LogP contribution in [-0.4, -0.2) is 35.2 Å². The minimum Gasteiger partial charge on any atom is -0.352 e. The molecule has 2 N–H and O–H groups in total. The molecular weight excluding hydrogens is 338 g/mol. The highest BCUT2D eigenvalue weighted by atomic mass is 35.5. The van der Waals surface area contributed by atoms with Crippen LogP contribution in [0.15, 0.2) is 29.2 Å². The van der Waals surface area contributed by atoms with Crippen molar-refractivity contribution in [3.05, 3.63) is 34.4 Å². The van der Waals surface area contributed by atoms with Gasteiger partial charge in [0.05, 0.1) is 10.2 Å². The largest absolute Gasteiger partial charge is 0.352 e. The second-order valence-electron chi connectivity index (χ2n) is 5.60. The van der Waals surface area contributed by atoms with Gasteiger partial charge in [0.25, 0.3) is 5.69 Å². The van der Waals surface area contributed by atoms with Gasteiger partial charge in [-0.3, -0.25) is 14.9 Å². The first-order valence-corrected chi connectivity index (χ1v) is 8.27. The van der Waals surface area contributed by atoms with Gasteiger partial charge in [-0.05, 0) is 44.5 Å². The number of amides is 1. The zero-order chi connectivity index (χ0) is 16.1. The third-order valence-electron chi connectivity index (χ3n) is 3.84. The summed E-state index contributed by atoms with van der Waals surface area (Å²) in [6, 6.07) is 6.50. The smallest absolute Gasteiger partial charge is 0.269 e. The van der Waals surface area contributed by atoms with Crippen LogP contribution in [0.5, 0.6) is 0 Å². The number of nitrogens with zero attached hydrogens (tertiary/aromatic N) is 1. The van der Waals surface area contributed by atoms with Gasteiger partial charge in [0.2, 0.25) is 5.91 Å². The maximum atomic E-state index is 12.3. The SMILES string of the molecule is CC(Sc1ccc([N+](=O)[O-])cc1)C(=O)NC1CCNCC1C.Cl. The fraction of sp³-hybridized carbons (Fsp3) is 0.533. The number of halogens is 1. The lowest BCUT2D eigenvalue weighted by atomic mass is 9.95. The summed E-state index contributed by atoms with van der Waals surface area (Å²) in [4.78, 5) is 23.3. The molecule has 3 atom stereocenters. The summed E-state index contributed by atoms with van der Waals surface area (Å²) >= 11 is 1.41. The Morgan fingerprint density at radius 1 is 1.43 bits per heavy atom. The van der Waals surface area contributed by atoms with Crippen molar-refractivity contribution < 1.29 is 9.72 Å². The van der Waals surface area contributed by atoms with E-state index in [2.05, 4.69) is 17.6 Å². The number of nitro benzene ring substituents is 1. The van der Waals surface area contributed by atoms with Gasteiger partial charge in [-0.15, -0.1) is 24.2 Å². The van der Waals surface area contributed by atoms with Crippen molar-refractivity contribution in [1.29, 1.82) is 0 Å². The molecule has 0 aliphatic carbocycles. The number of thioether (sulfide) groups is 1. The van der Waals surface area contributed by atoms with Gasteiger partial charge in [-0.25, -0.2) is 0 Å². The van der Waals surface area contributed by atoms with Crippen molar-refractivity contribution in [2.45, 2.75) is 36.5 Å². The molecule has 1 aliphatic heterocycles. The standard InChI is InChI=1S/C15H21N3O3S.ClH/c1-10-9-16-8-7-14(10)17-15(19)11(2)22-13-5-3-12(4-6-13)18(20)21;/h3-6,10-11,14,16H,7-9H2,1-2H3,(H,17,19);1H. The first-order chi connectivity index (χ1) is 10.5. The molecule has 1 heterocycles. The second-order valence-corrected chi connectivity index (χ2v) is 7.01. The molecule has 1 amide bonds. The van der Waals surface area contributed by atoms with Gasteiger partial charge in [0.15, 0.2) is 0 Å². The Labute approximate surface area is 146 Å². The Balaban J connectivity index is 0.00000264. The van der Waals surface area contributed by atoms with Crippen molar-refractivity contribution in [3.8, 4) is 0 Å². The second kappa shape index (κ2) is 9.10. The van der Waals surface area contributed by atoms with Crippen molar-refractivity contribution >= 4 is 35.8 Å². The van der Waals surface area contributed by atoms with E-state index in [9.17, 15) is 14.9 Å². The number of carbonyl (C=O) groups excluding carboxylic acids is 1. The van der Waals surface area contributed by atoms with E-state index in [0.717, 1.165) is 24.4 Å². The number of carbonyl (C=O) groups is 1. The summed E-state index contributed by atoms with van der Waals surface area (Å²) in [5.41, 5.74) is 0.0602. The number of hydrogen-bond acceptors (Lipinski definition) is 5. The first kappa shape index (κ1) is 19.7. The summed E-state index contributed by atoms with van der Waals surface area (Å²) in [5, 5.41) is 16.8. The normalized spacial score (nSPS) is 21.8. The maximum Gasteiger partial charge on any atom is 0.269 e. The summed E-state index contributed by atoms with van der Waals surface area (Å²) in [6.45, 7) is 5.84. The highest BCUT2D eigenvalue weighted by molar-refractivity contribution is 8.00. The van der Waals surface area contributed by atoms with E-state index in [1.165, 1.54) is 23.9 Å². The quantitative estimate of drug-likeness (QED) is 0.479. The third-order valence-corrected chi connectivity index (χ3v) is 4.95. The highest BCUT2D eigenvalue weighted by Crippen LogP contribution is 2.25. The molecule has 0 bridgehead atoms. The highest BCUT2D eigenvalue weighted by Gasteiger charge is 2.25. The van der Waals surface area contributed by atoms with Crippen LogP contribution in [0.4, 0.5) is 5.69 Å². The zero-order valence-corrected chi connectivity index (χ0v) is 14.8. The van der Waals surface area contributed by atoms with E-state index < -0.39 is 4.92 Å². The number of nitrogens with one attached hydrogen (secondary N) is 2. The Kier molecular flexibility index (Phi) is 7.81. The molecule has 3 unspecified atom stereocenters. The van der Waals surface area contributed by atoms with Crippen LogP contribution < -0.4 is 10.6 Å². The molecule has 1 fully saturated rings. The van der Waals surface area contributed by atoms with Crippen molar-refractivity contribution in [2.75, 3.05) is 13.1 Å². The van der Waals surface area contributed by atoms with Gasteiger partial charge >= 0.3 is 0 Å². The van der Waals surface area contributed by atoms with E-state index in [4.69, 9.17) is 0 Å². The molecule has 8 heteroatoms. The molecule has 1 aliphatic rings.